The van der Waals surface area contributed by atoms with E-state index in [1.54, 1.807) is 0 Å². The lowest BCUT2D eigenvalue weighted by Crippen LogP contribution is -2.31. The maximum atomic E-state index is 13.3. The lowest BCUT2D eigenvalue weighted by molar-refractivity contribution is -0.120. The van der Waals surface area contributed by atoms with Gasteiger partial charge in [-0.05, 0) is 25.0 Å². The van der Waals surface area contributed by atoms with Crippen LogP contribution in [0.1, 0.15) is 25.3 Å². The zero-order chi connectivity index (χ0) is 13.5. The first kappa shape index (κ1) is 14.6. The predicted molar refractivity (Wildman–Crippen MR) is 66.0 cm³/mol. The van der Waals surface area contributed by atoms with Crippen molar-refractivity contribution in [2.75, 3.05) is 6.54 Å². The highest BCUT2D eigenvalue weighted by Gasteiger charge is 2.12. The van der Waals surface area contributed by atoms with Crippen LogP contribution in [0.15, 0.2) is 18.2 Å². The fraction of sp³-hybridized carbons (Fsp3) is 0.462. The molecule has 0 bridgehead atoms. The zero-order valence-electron chi connectivity index (χ0n) is 10.4. The lowest BCUT2D eigenvalue weighted by Gasteiger charge is -2.10. The predicted octanol–water partition coefficient (Wildman–Crippen LogP) is 1.75. The number of hydrogen-bond acceptors (Lipinski definition) is 2. The zero-order valence-corrected chi connectivity index (χ0v) is 10.4. The topological polar surface area (TPSA) is 55.1 Å². The second kappa shape index (κ2) is 7.06. The van der Waals surface area contributed by atoms with Gasteiger partial charge in [0, 0.05) is 18.2 Å². The van der Waals surface area contributed by atoms with E-state index in [0.29, 0.717) is 13.0 Å². The summed E-state index contributed by atoms with van der Waals surface area (Å²) in [4.78, 5) is 11.5. The van der Waals surface area contributed by atoms with Crippen LogP contribution in [0.2, 0.25) is 0 Å². The fourth-order valence-electron chi connectivity index (χ4n) is 1.53. The number of nitrogens with two attached hydrogens (primary N) is 1. The monoisotopic (exact) mass is 256 g/mol. The second-order valence-corrected chi connectivity index (χ2v) is 4.18. The molecule has 0 aliphatic rings. The molecule has 0 spiro atoms. The normalized spacial score (nSPS) is 12.2. The Morgan fingerprint density at radius 1 is 1.39 bits per heavy atom. The maximum Gasteiger partial charge on any atom is 0.224 e. The summed E-state index contributed by atoms with van der Waals surface area (Å²) in [6.07, 6.45) is 1.19. The quantitative estimate of drug-likeness (QED) is 0.814. The Balaban J connectivity index is 2.45. The largest absolute Gasteiger partial charge is 0.356 e. The SMILES string of the molecule is CCC(N)CCNC(=O)Cc1c(F)cccc1F. The van der Waals surface area contributed by atoms with Crippen LogP contribution in [0.5, 0.6) is 0 Å². The molecule has 0 saturated carbocycles. The Hall–Kier alpha value is -1.49. The van der Waals surface area contributed by atoms with Crippen molar-refractivity contribution in [3.8, 4) is 0 Å². The van der Waals surface area contributed by atoms with E-state index in [1.807, 2.05) is 6.92 Å². The van der Waals surface area contributed by atoms with Crippen LogP contribution in [0.4, 0.5) is 8.78 Å². The molecule has 3 nitrogen and oxygen atoms in total. The summed E-state index contributed by atoms with van der Waals surface area (Å²) in [5.41, 5.74) is 5.49. The first-order chi connectivity index (χ1) is 8.54. The number of carbonyl (C=O) groups is 1. The van der Waals surface area contributed by atoms with Gasteiger partial charge >= 0.3 is 0 Å². The highest BCUT2D eigenvalue weighted by Crippen LogP contribution is 2.12. The molecule has 0 aliphatic carbocycles. The first-order valence-corrected chi connectivity index (χ1v) is 5.99. The molecule has 1 atom stereocenters. The van der Waals surface area contributed by atoms with Gasteiger partial charge in [-0.25, -0.2) is 8.78 Å². The fourth-order valence-corrected chi connectivity index (χ4v) is 1.53. The number of nitrogens with one attached hydrogen (secondary N) is 1. The molecule has 1 aromatic rings. The van der Waals surface area contributed by atoms with Crippen LogP contribution < -0.4 is 11.1 Å². The molecule has 1 rings (SSSR count). The van der Waals surface area contributed by atoms with Gasteiger partial charge in [0.25, 0.3) is 0 Å². The van der Waals surface area contributed by atoms with Crippen LogP contribution in [-0.4, -0.2) is 18.5 Å². The Morgan fingerprint density at radius 3 is 2.56 bits per heavy atom. The van der Waals surface area contributed by atoms with Crippen molar-refractivity contribution in [1.82, 2.24) is 5.32 Å². The average Bonchev–Trinajstić information content (AvgIpc) is 2.34. The van der Waals surface area contributed by atoms with Gasteiger partial charge < -0.3 is 11.1 Å². The van der Waals surface area contributed by atoms with E-state index < -0.39 is 17.5 Å². The van der Waals surface area contributed by atoms with E-state index in [-0.39, 0.29) is 18.0 Å². The molecular weight excluding hydrogens is 238 g/mol. The van der Waals surface area contributed by atoms with E-state index in [9.17, 15) is 13.6 Å². The van der Waals surface area contributed by atoms with Gasteiger partial charge in [0.1, 0.15) is 11.6 Å². The molecular formula is C13H18F2N2O. The van der Waals surface area contributed by atoms with Gasteiger partial charge in [-0.1, -0.05) is 13.0 Å². The lowest BCUT2D eigenvalue weighted by atomic mass is 10.1. The minimum Gasteiger partial charge on any atom is -0.356 e. The molecule has 0 aromatic heterocycles. The summed E-state index contributed by atoms with van der Waals surface area (Å²) >= 11 is 0. The van der Waals surface area contributed by atoms with Crippen LogP contribution in [0, 0.1) is 11.6 Å². The van der Waals surface area contributed by atoms with E-state index in [0.717, 1.165) is 18.6 Å². The highest BCUT2D eigenvalue weighted by molar-refractivity contribution is 5.78. The van der Waals surface area contributed by atoms with Crippen LogP contribution in [0.3, 0.4) is 0 Å². The van der Waals surface area contributed by atoms with E-state index in [2.05, 4.69) is 5.32 Å². The van der Waals surface area contributed by atoms with Gasteiger partial charge in [0.15, 0.2) is 0 Å². The molecule has 100 valence electrons. The van der Waals surface area contributed by atoms with Gasteiger partial charge in [0.05, 0.1) is 6.42 Å². The molecule has 0 heterocycles. The van der Waals surface area contributed by atoms with E-state index in [1.165, 1.54) is 6.07 Å². The molecule has 18 heavy (non-hydrogen) atoms. The minimum atomic E-state index is -0.699. The van der Waals surface area contributed by atoms with E-state index >= 15 is 0 Å². The third kappa shape index (κ3) is 4.41. The second-order valence-electron chi connectivity index (χ2n) is 4.18. The number of rotatable bonds is 6. The molecule has 0 fully saturated rings. The Kier molecular flexibility index (Phi) is 5.71. The Bertz CT molecular complexity index is 390. The molecule has 0 saturated heterocycles. The molecule has 1 aromatic carbocycles. The van der Waals surface area contributed by atoms with Gasteiger partial charge in [-0.2, -0.15) is 0 Å². The van der Waals surface area contributed by atoms with Gasteiger partial charge in [0.2, 0.25) is 5.91 Å². The Labute approximate surface area is 105 Å². The smallest absolute Gasteiger partial charge is 0.224 e. The maximum absolute atomic E-state index is 13.3. The number of benzene rings is 1. The number of halogens is 2. The van der Waals surface area contributed by atoms with Crippen molar-refractivity contribution >= 4 is 5.91 Å². The summed E-state index contributed by atoms with van der Waals surface area (Å²) in [5, 5.41) is 2.60. The number of carbonyl (C=O) groups excluding carboxylic acids is 1. The summed E-state index contributed by atoms with van der Waals surface area (Å²) in [6.45, 7) is 2.38. The first-order valence-electron chi connectivity index (χ1n) is 5.99. The van der Waals surface area contributed by atoms with Crippen molar-refractivity contribution in [2.45, 2.75) is 32.2 Å². The summed E-state index contributed by atoms with van der Waals surface area (Å²) < 4.78 is 26.6. The van der Waals surface area contributed by atoms with Gasteiger partial charge in [-0.3, -0.25) is 4.79 Å². The molecule has 0 radical (unpaired) electrons. The summed E-state index contributed by atoms with van der Waals surface area (Å²) in [6, 6.07) is 3.58. The Morgan fingerprint density at radius 2 is 2.00 bits per heavy atom. The van der Waals surface area contributed by atoms with Crippen LogP contribution >= 0.6 is 0 Å². The van der Waals surface area contributed by atoms with Crippen molar-refractivity contribution in [2.24, 2.45) is 5.73 Å². The summed E-state index contributed by atoms with van der Waals surface area (Å²) in [5.74, 6) is -1.80. The molecule has 0 aliphatic heterocycles. The third-order valence-corrected chi connectivity index (χ3v) is 2.76. The van der Waals surface area contributed by atoms with Crippen LogP contribution in [0.25, 0.3) is 0 Å². The molecule has 5 heteroatoms. The molecule has 1 unspecified atom stereocenters. The number of amides is 1. The number of hydrogen-bond donors (Lipinski definition) is 2. The molecule has 1 amide bonds. The third-order valence-electron chi connectivity index (χ3n) is 2.76. The van der Waals surface area contributed by atoms with Crippen molar-refractivity contribution in [1.29, 1.82) is 0 Å². The van der Waals surface area contributed by atoms with Crippen molar-refractivity contribution in [3.05, 3.63) is 35.4 Å². The van der Waals surface area contributed by atoms with Crippen LogP contribution in [-0.2, 0) is 11.2 Å². The highest BCUT2D eigenvalue weighted by atomic mass is 19.1. The average molecular weight is 256 g/mol. The molecule has 3 N–H and O–H groups in total. The van der Waals surface area contributed by atoms with Crippen molar-refractivity contribution < 1.29 is 13.6 Å². The summed E-state index contributed by atoms with van der Waals surface area (Å²) in [7, 11) is 0. The van der Waals surface area contributed by atoms with E-state index in [4.69, 9.17) is 5.73 Å². The minimum absolute atomic E-state index is 0.0375. The van der Waals surface area contributed by atoms with Crippen molar-refractivity contribution in [3.63, 3.8) is 0 Å². The van der Waals surface area contributed by atoms with Gasteiger partial charge in [-0.15, -0.1) is 0 Å². The standard InChI is InChI=1S/C13H18F2N2O/c1-2-9(16)6-7-17-13(18)8-10-11(14)4-3-5-12(10)15/h3-5,9H,2,6-8,16H2,1H3,(H,17,18).